The van der Waals surface area contributed by atoms with Crippen LogP contribution in [0.15, 0.2) is 0 Å². The van der Waals surface area contributed by atoms with E-state index >= 15 is 0 Å². The average molecular weight is 402 g/mol. The molecule has 0 saturated carbocycles. The van der Waals surface area contributed by atoms with Crippen LogP contribution in [-0.2, 0) is 14.3 Å². The van der Waals surface area contributed by atoms with Gasteiger partial charge in [0.2, 0.25) is 5.91 Å². The average Bonchev–Trinajstić information content (AvgIpc) is 3.03. The number of rotatable bonds is 10. The topological polar surface area (TPSA) is 172 Å². The highest BCUT2D eigenvalue weighted by Crippen LogP contribution is 2.20. The molecule has 1 unspecified atom stereocenters. The summed E-state index contributed by atoms with van der Waals surface area (Å²) in [6.07, 6.45) is 4.57. The molecule has 1 saturated heterocycles. The van der Waals surface area contributed by atoms with Gasteiger partial charge in [0.05, 0.1) is 6.61 Å². The number of hydrogen-bond donors (Lipinski definition) is 5. The minimum atomic E-state index is -1.12. The summed E-state index contributed by atoms with van der Waals surface area (Å²) in [5, 5.41) is 18.1. The first-order valence-electron chi connectivity index (χ1n) is 9.78. The normalized spacial score (nSPS) is 16.8. The van der Waals surface area contributed by atoms with E-state index in [0.29, 0.717) is 39.0 Å². The molecule has 0 aliphatic carbocycles. The van der Waals surface area contributed by atoms with Gasteiger partial charge < -0.3 is 26.6 Å². The van der Waals surface area contributed by atoms with Crippen LogP contribution in [0.3, 0.4) is 0 Å². The summed E-state index contributed by atoms with van der Waals surface area (Å²) in [6, 6.07) is -0.578. The number of amides is 2. The number of guanidine groups is 1. The molecular weight excluding hydrogens is 366 g/mol. The highest BCUT2D eigenvalue weighted by molar-refractivity contribution is 5.94. The number of likely N-dealkylation sites (tertiary alicyclic amines) is 1. The van der Waals surface area contributed by atoms with Crippen molar-refractivity contribution in [3.05, 3.63) is 0 Å². The van der Waals surface area contributed by atoms with Gasteiger partial charge in [-0.2, -0.15) is 0 Å². The maximum absolute atomic E-state index is 11.4. The number of ether oxygens (including phenoxy) is 1. The molecule has 0 aromatic rings. The van der Waals surface area contributed by atoms with Crippen LogP contribution in [0.1, 0.15) is 58.8 Å². The zero-order valence-electron chi connectivity index (χ0n) is 16.9. The van der Waals surface area contributed by atoms with Gasteiger partial charge in [-0.15, -0.1) is 0 Å². The minimum Gasteiger partial charge on any atom is -0.465 e. The van der Waals surface area contributed by atoms with E-state index in [-0.39, 0.29) is 23.8 Å². The molecule has 162 valence electrons. The molecule has 1 heterocycles. The zero-order valence-corrected chi connectivity index (χ0v) is 16.9. The lowest BCUT2D eigenvalue weighted by Crippen LogP contribution is -2.35. The summed E-state index contributed by atoms with van der Waals surface area (Å²) >= 11 is 0. The van der Waals surface area contributed by atoms with Gasteiger partial charge in [0.25, 0.3) is 0 Å². The van der Waals surface area contributed by atoms with Gasteiger partial charge in [0.15, 0.2) is 5.96 Å². The molecule has 28 heavy (non-hydrogen) atoms. The number of esters is 1. The molecule has 1 aliphatic heterocycles. The Morgan fingerprint density at radius 2 is 2.04 bits per heavy atom. The molecule has 1 rings (SSSR count). The third-order valence-corrected chi connectivity index (χ3v) is 4.34. The molecule has 7 N–H and O–H groups in total. The summed E-state index contributed by atoms with van der Waals surface area (Å²) < 4.78 is 5.03. The van der Waals surface area contributed by atoms with Crippen molar-refractivity contribution in [3.63, 3.8) is 0 Å². The Labute approximate surface area is 166 Å². The van der Waals surface area contributed by atoms with E-state index in [9.17, 15) is 14.4 Å². The van der Waals surface area contributed by atoms with Crippen molar-refractivity contribution in [1.82, 2.24) is 10.2 Å². The van der Waals surface area contributed by atoms with E-state index in [1.54, 1.807) is 0 Å². The molecule has 1 aliphatic rings. The molecule has 0 aromatic heterocycles. The Kier molecular flexibility index (Phi) is 13.4. The molecule has 0 aromatic carbocycles. The van der Waals surface area contributed by atoms with E-state index in [4.69, 9.17) is 26.7 Å². The number of imide groups is 1. The van der Waals surface area contributed by atoms with E-state index in [0.717, 1.165) is 30.6 Å². The molecule has 2 amide bonds. The fourth-order valence-corrected chi connectivity index (χ4v) is 2.60. The quantitative estimate of drug-likeness (QED) is 0.157. The van der Waals surface area contributed by atoms with Crippen molar-refractivity contribution < 1.29 is 24.2 Å². The highest BCUT2D eigenvalue weighted by Gasteiger charge is 2.33. The van der Waals surface area contributed by atoms with Crippen LogP contribution in [0.2, 0.25) is 0 Å². The predicted molar refractivity (Wildman–Crippen MR) is 106 cm³/mol. The minimum absolute atomic E-state index is 0.0638. The third kappa shape index (κ3) is 10.7. The Morgan fingerprint density at radius 3 is 2.50 bits per heavy atom. The van der Waals surface area contributed by atoms with E-state index in [1.165, 1.54) is 0 Å². The largest absolute Gasteiger partial charge is 0.465 e. The highest BCUT2D eigenvalue weighted by atomic mass is 16.5. The number of carboxylic acid groups (broad SMARTS) is 1. The first-order valence-corrected chi connectivity index (χ1v) is 9.78. The van der Waals surface area contributed by atoms with E-state index in [1.807, 2.05) is 6.92 Å². The molecule has 10 heteroatoms. The van der Waals surface area contributed by atoms with E-state index in [2.05, 4.69) is 12.2 Å². The van der Waals surface area contributed by atoms with Gasteiger partial charge in [-0.1, -0.05) is 26.7 Å². The number of carbonyl (C=O) groups is 3. The summed E-state index contributed by atoms with van der Waals surface area (Å²) in [7, 11) is 0. The fraction of sp³-hybridized carbons (Fsp3) is 0.778. The van der Waals surface area contributed by atoms with Crippen LogP contribution in [0.4, 0.5) is 4.79 Å². The van der Waals surface area contributed by atoms with Gasteiger partial charge in [-0.25, -0.2) is 9.69 Å². The number of carbonyl (C=O) groups excluding carboxylic acids is 2. The molecule has 0 spiro atoms. The summed E-state index contributed by atoms with van der Waals surface area (Å²) in [5.74, 6) is -0.712. The maximum Gasteiger partial charge on any atom is 0.414 e. The Hall–Kier alpha value is -2.36. The van der Waals surface area contributed by atoms with Crippen LogP contribution in [0.5, 0.6) is 0 Å². The molecule has 0 bridgehead atoms. The summed E-state index contributed by atoms with van der Waals surface area (Å²) in [4.78, 5) is 33.8. The van der Waals surface area contributed by atoms with Gasteiger partial charge in [0.1, 0.15) is 6.04 Å². The number of nitrogens with one attached hydrogen (secondary N) is 2. The summed E-state index contributed by atoms with van der Waals surface area (Å²) in [5.41, 5.74) is 10.8. The summed E-state index contributed by atoms with van der Waals surface area (Å²) in [6.45, 7) is 5.36. The van der Waals surface area contributed by atoms with Crippen molar-refractivity contribution in [2.45, 2.75) is 64.8 Å². The first kappa shape index (κ1) is 25.6. The molecule has 2 atom stereocenters. The second-order valence-corrected chi connectivity index (χ2v) is 6.63. The standard InChI is InChI=1S/C11H24N4O2.C7H11NO3/c1-2-3-4-8-17-10(16)9(12)6-5-7-15-11(13)14;1-2-5-3-4-8(6(5)9)7(10)11/h9H,2-8,12H2,1H3,(H4,13,14,15);5H,2-4H2,1H3,(H,10,11)/t9-;/m0./s1. The van der Waals surface area contributed by atoms with Gasteiger partial charge in [-0.3, -0.25) is 15.0 Å². The van der Waals surface area contributed by atoms with Crippen molar-refractivity contribution in [1.29, 1.82) is 5.41 Å². The third-order valence-electron chi connectivity index (χ3n) is 4.34. The number of hydrogen-bond acceptors (Lipinski definition) is 6. The van der Waals surface area contributed by atoms with Crippen molar-refractivity contribution in [2.75, 3.05) is 19.7 Å². The number of nitrogens with zero attached hydrogens (tertiary/aromatic N) is 1. The molecular formula is C18H35N5O5. The fourth-order valence-electron chi connectivity index (χ4n) is 2.60. The van der Waals surface area contributed by atoms with Gasteiger partial charge in [0, 0.05) is 19.0 Å². The predicted octanol–water partition coefficient (Wildman–Crippen LogP) is 1.23. The lowest BCUT2D eigenvalue weighted by molar-refractivity contribution is -0.145. The Balaban J connectivity index is 0.000000567. The number of nitrogens with two attached hydrogens (primary N) is 2. The van der Waals surface area contributed by atoms with Crippen molar-refractivity contribution in [2.24, 2.45) is 17.4 Å². The Bertz CT molecular complexity index is 515. The molecule has 1 fully saturated rings. The second kappa shape index (κ2) is 14.7. The van der Waals surface area contributed by atoms with E-state index < -0.39 is 12.1 Å². The van der Waals surface area contributed by atoms with Crippen LogP contribution in [0.25, 0.3) is 0 Å². The maximum atomic E-state index is 11.4. The SMILES string of the molecule is CCC1CCN(C(=O)O)C1=O.CCCCCOC(=O)[C@@H](N)CCCNC(=N)N. The Morgan fingerprint density at radius 1 is 1.36 bits per heavy atom. The van der Waals surface area contributed by atoms with Gasteiger partial charge >= 0.3 is 12.1 Å². The van der Waals surface area contributed by atoms with Crippen molar-refractivity contribution >= 4 is 23.9 Å². The van der Waals surface area contributed by atoms with Crippen LogP contribution in [-0.4, -0.2) is 59.7 Å². The van der Waals surface area contributed by atoms with Gasteiger partial charge in [-0.05, 0) is 32.1 Å². The number of unbranched alkanes of at least 4 members (excludes halogenated alkanes) is 2. The lowest BCUT2D eigenvalue weighted by Gasteiger charge is -2.11. The molecule has 10 nitrogen and oxygen atoms in total. The van der Waals surface area contributed by atoms with Crippen LogP contribution in [0, 0.1) is 11.3 Å². The van der Waals surface area contributed by atoms with Crippen molar-refractivity contribution in [3.8, 4) is 0 Å². The smallest absolute Gasteiger partial charge is 0.414 e. The first-order chi connectivity index (χ1) is 13.2. The lowest BCUT2D eigenvalue weighted by atomic mass is 10.1. The monoisotopic (exact) mass is 401 g/mol. The zero-order chi connectivity index (χ0) is 21.5. The van der Waals surface area contributed by atoms with Crippen LogP contribution >= 0.6 is 0 Å². The van der Waals surface area contributed by atoms with Crippen LogP contribution < -0.4 is 16.8 Å². The molecule has 0 radical (unpaired) electrons. The second-order valence-electron chi connectivity index (χ2n) is 6.63.